The largest absolute Gasteiger partial charge is 0.385 e. The second kappa shape index (κ2) is 16.6. The van der Waals surface area contributed by atoms with Crippen molar-refractivity contribution in [1.82, 2.24) is 15.5 Å². The number of benzene rings is 2. The lowest BCUT2D eigenvalue weighted by atomic mass is 9.87. The number of ether oxygens (including phenoxy) is 1. The molecule has 2 aliphatic rings. The van der Waals surface area contributed by atoms with Crippen molar-refractivity contribution in [3.63, 3.8) is 0 Å². The normalized spacial score (nSPS) is 23.1. The summed E-state index contributed by atoms with van der Waals surface area (Å²) >= 11 is 0. The quantitative estimate of drug-likeness (QED) is 0.221. The fraction of sp³-hybridized carbons (Fsp3) is 0.583. The Balaban J connectivity index is 1.62. The lowest BCUT2D eigenvalue weighted by Crippen LogP contribution is -2.90. The van der Waals surface area contributed by atoms with Crippen LogP contribution in [0.1, 0.15) is 70.9 Å². The Hall–Kier alpha value is -3.41. The molecule has 0 aliphatic carbocycles. The van der Waals surface area contributed by atoms with Gasteiger partial charge in [0.05, 0.1) is 6.04 Å². The summed E-state index contributed by atoms with van der Waals surface area (Å²) in [6, 6.07) is 10.7. The molecule has 2 fully saturated rings. The number of nitrogens with two attached hydrogens (primary N) is 1. The smallest absolute Gasteiger partial charge is 0.249 e. The van der Waals surface area contributed by atoms with Gasteiger partial charge in [-0.2, -0.15) is 0 Å². The highest BCUT2D eigenvalue weighted by Crippen LogP contribution is 2.32. The van der Waals surface area contributed by atoms with E-state index in [1.54, 1.807) is 4.90 Å². The van der Waals surface area contributed by atoms with Crippen LogP contribution in [0.4, 0.5) is 8.78 Å². The first kappa shape index (κ1) is 36.4. The molecule has 3 amide bonds. The van der Waals surface area contributed by atoms with E-state index in [9.17, 15) is 28.3 Å². The first-order chi connectivity index (χ1) is 22.4. The van der Waals surface area contributed by atoms with Crippen LogP contribution < -0.4 is 16.0 Å². The minimum absolute atomic E-state index is 0.0189. The van der Waals surface area contributed by atoms with Crippen LogP contribution in [0.25, 0.3) is 0 Å². The lowest BCUT2D eigenvalue weighted by Gasteiger charge is -2.34. The molecule has 2 saturated heterocycles. The van der Waals surface area contributed by atoms with Gasteiger partial charge in [0.2, 0.25) is 17.7 Å². The van der Waals surface area contributed by atoms with Gasteiger partial charge in [-0.25, -0.2) is 8.78 Å². The number of amides is 3. The molecule has 2 aromatic carbocycles. The molecule has 0 unspecified atom stereocenters. The van der Waals surface area contributed by atoms with Gasteiger partial charge in [0.15, 0.2) is 0 Å². The Morgan fingerprint density at radius 3 is 2.47 bits per heavy atom. The number of carbonyl (C=O) groups is 3. The van der Waals surface area contributed by atoms with Crippen LogP contribution in [-0.2, 0) is 32.0 Å². The maximum atomic E-state index is 14.3. The Kier molecular flexibility index (Phi) is 12.9. The molecule has 0 bridgehead atoms. The van der Waals surface area contributed by atoms with E-state index < -0.39 is 41.3 Å². The van der Waals surface area contributed by atoms with E-state index in [0.717, 1.165) is 18.1 Å². The molecule has 258 valence electrons. The van der Waals surface area contributed by atoms with Crippen molar-refractivity contribution in [2.75, 3.05) is 19.7 Å². The molecule has 0 radical (unpaired) electrons. The van der Waals surface area contributed by atoms with Crippen molar-refractivity contribution >= 4 is 17.7 Å². The maximum absolute atomic E-state index is 14.3. The van der Waals surface area contributed by atoms with Crippen LogP contribution in [-0.4, -0.2) is 83.3 Å². The number of carbonyl (C=O) groups excluding carboxylic acids is 3. The first-order valence-corrected chi connectivity index (χ1v) is 16.9. The number of rotatable bonds is 16. The summed E-state index contributed by atoms with van der Waals surface area (Å²) in [6.45, 7) is 8.91. The van der Waals surface area contributed by atoms with Gasteiger partial charge < -0.3 is 30.7 Å². The zero-order valence-corrected chi connectivity index (χ0v) is 28.0. The van der Waals surface area contributed by atoms with E-state index in [2.05, 4.69) is 10.6 Å². The Bertz CT molecular complexity index is 1340. The number of aliphatic hydroxyl groups excluding tert-OH is 1. The van der Waals surface area contributed by atoms with Crippen LogP contribution in [0.15, 0.2) is 48.5 Å². The number of aliphatic hydroxyl groups is 1. The minimum Gasteiger partial charge on any atom is -0.385 e. The lowest BCUT2D eigenvalue weighted by molar-refractivity contribution is -0.679. The molecule has 0 spiro atoms. The highest BCUT2D eigenvalue weighted by molar-refractivity contribution is 5.96. The van der Waals surface area contributed by atoms with E-state index in [-0.39, 0.29) is 42.8 Å². The second-order valence-corrected chi connectivity index (χ2v) is 13.6. The van der Waals surface area contributed by atoms with Gasteiger partial charge >= 0.3 is 0 Å². The van der Waals surface area contributed by atoms with E-state index in [0.29, 0.717) is 50.8 Å². The van der Waals surface area contributed by atoms with Crippen molar-refractivity contribution in [2.24, 2.45) is 5.92 Å². The molecule has 6 atom stereocenters. The molecule has 2 aliphatic heterocycles. The highest BCUT2D eigenvalue weighted by Gasteiger charge is 2.51. The number of nitrogens with one attached hydrogen (secondary N) is 2. The molecular weight excluding hydrogens is 606 g/mol. The third-order valence-corrected chi connectivity index (χ3v) is 9.20. The summed E-state index contributed by atoms with van der Waals surface area (Å²) in [4.78, 5) is 42.3. The maximum Gasteiger partial charge on any atom is 0.249 e. The van der Waals surface area contributed by atoms with E-state index in [1.165, 1.54) is 19.1 Å². The van der Waals surface area contributed by atoms with E-state index in [4.69, 9.17) is 4.74 Å². The molecule has 5 N–H and O–H groups in total. The SMILES string of the molecule is CCCO[C@H]1C[NH2+][C@@H]([C@@H](O)[C@H](Cc2cc(F)cc(F)c2)NC(=O)[C@H](CCc2ccccc2)N2CC[C@@](CC(C)C)(NC(C)=O)C2=O)C1. The summed E-state index contributed by atoms with van der Waals surface area (Å²) in [7, 11) is 0. The van der Waals surface area contributed by atoms with Crippen LogP contribution in [0.2, 0.25) is 0 Å². The predicted octanol–water partition coefficient (Wildman–Crippen LogP) is 2.64. The Labute approximate surface area is 276 Å². The third-order valence-electron chi connectivity index (χ3n) is 9.20. The fourth-order valence-corrected chi connectivity index (χ4v) is 7.20. The topological polar surface area (TPSA) is 125 Å². The number of likely N-dealkylation sites (tertiary alicyclic amines) is 1. The number of nitrogens with zero attached hydrogens (tertiary/aromatic N) is 1. The van der Waals surface area contributed by atoms with Gasteiger partial charge in [-0.15, -0.1) is 0 Å². The Morgan fingerprint density at radius 1 is 1.13 bits per heavy atom. The third kappa shape index (κ3) is 9.81. The van der Waals surface area contributed by atoms with Crippen LogP contribution in [0.3, 0.4) is 0 Å². The standard InChI is InChI=1S/C36H50F2N4O5/c1-5-15-47-29-20-30(39-22-29)33(44)31(18-26-16-27(37)19-28(38)17-26)40-34(45)32(12-11-25-9-7-6-8-10-25)42-14-13-36(35(42)46,21-23(2)3)41-24(4)43/h6-10,16-17,19,23,29-33,39,44H,5,11-15,18,20-22H2,1-4H3,(H,40,45)(H,41,43)/p+1/t29-,30-,31+,32+,33-,36+/m1/s1. The predicted molar refractivity (Wildman–Crippen MR) is 174 cm³/mol. The monoisotopic (exact) mass is 657 g/mol. The van der Waals surface area contributed by atoms with Crippen LogP contribution >= 0.6 is 0 Å². The summed E-state index contributed by atoms with van der Waals surface area (Å²) in [5.41, 5.74) is 0.177. The minimum atomic E-state index is -1.12. The highest BCUT2D eigenvalue weighted by atomic mass is 19.1. The van der Waals surface area contributed by atoms with Crippen molar-refractivity contribution in [1.29, 1.82) is 0 Å². The molecule has 0 saturated carbocycles. The summed E-state index contributed by atoms with van der Waals surface area (Å²) in [5, 5.41) is 19.6. The zero-order valence-electron chi connectivity index (χ0n) is 28.0. The van der Waals surface area contributed by atoms with Gasteiger partial charge in [-0.05, 0) is 67.7 Å². The average Bonchev–Trinajstić information content (AvgIpc) is 3.60. The number of hydrogen-bond acceptors (Lipinski definition) is 5. The summed E-state index contributed by atoms with van der Waals surface area (Å²) < 4.78 is 34.3. The van der Waals surface area contributed by atoms with Crippen molar-refractivity contribution in [3.05, 3.63) is 71.3 Å². The van der Waals surface area contributed by atoms with Crippen molar-refractivity contribution in [2.45, 2.75) is 109 Å². The molecule has 9 nitrogen and oxygen atoms in total. The van der Waals surface area contributed by atoms with E-state index in [1.807, 2.05) is 56.4 Å². The van der Waals surface area contributed by atoms with Gasteiger partial charge in [0.25, 0.3) is 0 Å². The van der Waals surface area contributed by atoms with Crippen LogP contribution in [0.5, 0.6) is 0 Å². The molecule has 2 aromatic rings. The number of aryl methyl sites for hydroxylation is 1. The van der Waals surface area contributed by atoms with Gasteiger partial charge in [-0.3, -0.25) is 14.4 Å². The molecule has 2 heterocycles. The Morgan fingerprint density at radius 2 is 1.83 bits per heavy atom. The zero-order chi connectivity index (χ0) is 34.1. The second-order valence-electron chi connectivity index (χ2n) is 13.6. The molecule has 0 aromatic heterocycles. The van der Waals surface area contributed by atoms with Gasteiger partial charge in [-0.1, -0.05) is 51.1 Å². The van der Waals surface area contributed by atoms with Crippen molar-refractivity contribution < 1.29 is 38.3 Å². The molecular formula is C36H51F2N4O5+. The van der Waals surface area contributed by atoms with Crippen molar-refractivity contribution in [3.8, 4) is 0 Å². The summed E-state index contributed by atoms with van der Waals surface area (Å²) in [5.74, 6) is -2.47. The first-order valence-electron chi connectivity index (χ1n) is 16.9. The molecule has 11 heteroatoms. The van der Waals surface area contributed by atoms with Gasteiger partial charge in [0, 0.05) is 32.6 Å². The number of hydrogen-bond donors (Lipinski definition) is 4. The van der Waals surface area contributed by atoms with E-state index >= 15 is 0 Å². The average molecular weight is 658 g/mol. The fourth-order valence-electron chi connectivity index (χ4n) is 7.20. The molecule has 47 heavy (non-hydrogen) atoms. The molecule has 4 rings (SSSR count). The van der Waals surface area contributed by atoms with Gasteiger partial charge in [0.1, 0.15) is 48.0 Å². The van der Waals surface area contributed by atoms with Crippen LogP contribution in [0, 0.1) is 17.6 Å². The summed E-state index contributed by atoms with van der Waals surface area (Å²) in [6.07, 6.45) is 1.90. The number of quaternary nitrogens is 1. The number of halogens is 2.